The van der Waals surface area contributed by atoms with Crippen molar-refractivity contribution in [1.82, 2.24) is 9.97 Å². The van der Waals surface area contributed by atoms with Crippen LogP contribution < -0.4 is 16.0 Å². The largest absolute Gasteiger partial charge is 0.435 e. The Morgan fingerprint density at radius 2 is 2.06 bits per heavy atom. The van der Waals surface area contributed by atoms with Crippen molar-refractivity contribution in [1.29, 1.82) is 0 Å². The molecular formula is C11H10F2N4O. The average Bonchev–Trinajstić information content (AvgIpc) is 2.35. The maximum Gasteiger partial charge on any atom is 0.258 e. The van der Waals surface area contributed by atoms with Crippen LogP contribution in [-0.2, 0) is 0 Å². The number of nitrogen functional groups attached to an aromatic ring is 1. The minimum Gasteiger partial charge on any atom is -0.435 e. The minimum atomic E-state index is -0.924. The number of nitrogens with one attached hydrogen (secondary N) is 1. The van der Waals surface area contributed by atoms with E-state index in [1.165, 1.54) is 6.20 Å². The Hall–Kier alpha value is -2.28. The topological polar surface area (TPSA) is 73.1 Å². The molecule has 2 heterocycles. The van der Waals surface area contributed by atoms with Crippen molar-refractivity contribution in [3.8, 4) is 11.6 Å². The summed E-state index contributed by atoms with van der Waals surface area (Å²) in [6.45, 7) is 1.80. The van der Waals surface area contributed by atoms with Gasteiger partial charge in [-0.05, 0) is 19.1 Å². The standard InChI is InChI=1S/C11H10F2N4O/c1-6-2-3-7(5-15-6)18-11-9(13)4-8(12)10(16-11)17-14/h2-5H,14H2,1H3,(H,16,17). The first kappa shape index (κ1) is 12.2. The number of pyridine rings is 2. The van der Waals surface area contributed by atoms with Gasteiger partial charge in [0.05, 0.1) is 6.20 Å². The number of aromatic nitrogens is 2. The van der Waals surface area contributed by atoms with E-state index in [1.54, 1.807) is 19.1 Å². The molecule has 0 saturated heterocycles. The zero-order chi connectivity index (χ0) is 13.1. The Bertz CT molecular complexity index is 560. The molecule has 7 heteroatoms. The molecule has 0 unspecified atom stereocenters. The average molecular weight is 252 g/mol. The van der Waals surface area contributed by atoms with Crippen LogP contribution in [-0.4, -0.2) is 9.97 Å². The van der Waals surface area contributed by atoms with Gasteiger partial charge in [0.25, 0.3) is 5.88 Å². The zero-order valence-electron chi connectivity index (χ0n) is 9.45. The van der Waals surface area contributed by atoms with E-state index in [9.17, 15) is 8.78 Å². The highest BCUT2D eigenvalue weighted by Gasteiger charge is 2.13. The number of hydrogen-bond acceptors (Lipinski definition) is 5. The summed E-state index contributed by atoms with van der Waals surface area (Å²) in [6, 6.07) is 3.93. The van der Waals surface area contributed by atoms with Crippen LogP contribution in [0.3, 0.4) is 0 Å². The van der Waals surface area contributed by atoms with Gasteiger partial charge in [0.1, 0.15) is 5.75 Å². The molecule has 0 bridgehead atoms. The summed E-state index contributed by atoms with van der Waals surface area (Å²) in [5.41, 5.74) is 2.80. The molecule has 3 N–H and O–H groups in total. The number of anilines is 1. The maximum atomic E-state index is 13.4. The Balaban J connectivity index is 2.31. The van der Waals surface area contributed by atoms with Crippen molar-refractivity contribution < 1.29 is 13.5 Å². The number of aryl methyl sites for hydroxylation is 1. The zero-order valence-corrected chi connectivity index (χ0v) is 9.45. The van der Waals surface area contributed by atoms with E-state index < -0.39 is 11.6 Å². The molecule has 94 valence electrons. The van der Waals surface area contributed by atoms with Crippen molar-refractivity contribution in [2.75, 3.05) is 5.43 Å². The predicted molar refractivity (Wildman–Crippen MR) is 61.0 cm³/mol. The van der Waals surface area contributed by atoms with Crippen LogP contribution in [0.4, 0.5) is 14.6 Å². The fourth-order valence-electron chi connectivity index (χ4n) is 1.25. The molecule has 0 aliphatic carbocycles. The van der Waals surface area contributed by atoms with E-state index in [1.807, 2.05) is 5.43 Å². The highest BCUT2D eigenvalue weighted by molar-refractivity contribution is 5.39. The molecule has 2 aromatic heterocycles. The van der Waals surface area contributed by atoms with Crippen LogP contribution in [0.1, 0.15) is 5.69 Å². The second-order valence-electron chi connectivity index (χ2n) is 3.49. The first-order valence-electron chi connectivity index (χ1n) is 5.03. The molecule has 0 radical (unpaired) electrons. The van der Waals surface area contributed by atoms with E-state index in [4.69, 9.17) is 10.6 Å². The Morgan fingerprint density at radius 1 is 1.28 bits per heavy atom. The monoisotopic (exact) mass is 252 g/mol. The number of halogens is 2. The summed E-state index contributed by atoms with van der Waals surface area (Å²) in [4.78, 5) is 7.55. The third-order valence-electron chi connectivity index (χ3n) is 2.13. The van der Waals surface area contributed by atoms with Crippen LogP contribution in [0.2, 0.25) is 0 Å². The number of nitrogens with zero attached hydrogens (tertiary/aromatic N) is 2. The van der Waals surface area contributed by atoms with Crippen LogP contribution in [0, 0.1) is 18.6 Å². The number of hydrogen-bond donors (Lipinski definition) is 2. The summed E-state index contributed by atoms with van der Waals surface area (Å²) < 4.78 is 31.7. The molecule has 0 fully saturated rings. The van der Waals surface area contributed by atoms with Gasteiger partial charge in [-0.15, -0.1) is 0 Å². The summed E-state index contributed by atoms with van der Waals surface area (Å²) in [6.07, 6.45) is 1.41. The molecule has 2 aromatic rings. The van der Waals surface area contributed by atoms with Crippen LogP contribution in [0.5, 0.6) is 11.6 Å². The van der Waals surface area contributed by atoms with Gasteiger partial charge in [0, 0.05) is 11.8 Å². The number of ether oxygens (including phenoxy) is 1. The summed E-state index contributed by atoms with van der Waals surface area (Å²) in [5, 5.41) is 0. The molecule has 2 rings (SSSR count). The van der Waals surface area contributed by atoms with E-state index in [0.717, 1.165) is 5.69 Å². The lowest BCUT2D eigenvalue weighted by atomic mass is 10.4. The molecule has 0 amide bonds. The highest BCUT2D eigenvalue weighted by Crippen LogP contribution is 2.25. The van der Waals surface area contributed by atoms with Crippen LogP contribution in [0.25, 0.3) is 0 Å². The first-order valence-corrected chi connectivity index (χ1v) is 5.03. The number of hydrazine groups is 1. The van der Waals surface area contributed by atoms with Crippen LogP contribution >= 0.6 is 0 Å². The predicted octanol–water partition coefficient (Wildman–Crippen LogP) is 2.14. The fraction of sp³-hybridized carbons (Fsp3) is 0.0909. The van der Waals surface area contributed by atoms with Crippen molar-refractivity contribution in [3.05, 3.63) is 41.7 Å². The molecule has 5 nitrogen and oxygen atoms in total. The molecule has 18 heavy (non-hydrogen) atoms. The third kappa shape index (κ3) is 2.51. The fourth-order valence-corrected chi connectivity index (χ4v) is 1.25. The molecule has 0 aliphatic heterocycles. The number of rotatable bonds is 3. The Kier molecular flexibility index (Phi) is 3.33. The summed E-state index contributed by atoms with van der Waals surface area (Å²) >= 11 is 0. The Labute approximate surface area is 102 Å². The third-order valence-corrected chi connectivity index (χ3v) is 2.13. The lowest BCUT2D eigenvalue weighted by molar-refractivity contribution is 0.416. The quantitative estimate of drug-likeness (QED) is 0.646. The second kappa shape index (κ2) is 4.92. The minimum absolute atomic E-state index is 0.293. The molecular weight excluding hydrogens is 242 g/mol. The van der Waals surface area contributed by atoms with Gasteiger partial charge in [0.15, 0.2) is 17.5 Å². The van der Waals surface area contributed by atoms with Gasteiger partial charge in [0.2, 0.25) is 0 Å². The van der Waals surface area contributed by atoms with Gasteiger partial charge in [-0.2, -0.15) is 4.98 Å². The van der Waals surface area contributed by atoms with Gasteiger partial charge >= 0.3 is 0 Å². The molecule has 0 saturated carbocycles. The summed E-state index contributed by atoms with van der Waals surface area (Å²) in [5.74, 6) is 2.83. The highest BCUT2D eigenvalue weighted by atomic mass is 19.1. The van der Waals surface area contributed by atoms with Gasteiger partial charge in [-0.3, -0.25) is 4.98 Å². The van der Waals surface area contributed by atoms with E-state index in [0.29, 0.717) is 11.8 Å². The van der Waals surface area contributed by atoms with E-state index in [2.05, 4.69) is 9.97 Å². The van der Waals surface area contributed by atoms with Crippen molar-refractivity contribution >= 4 is 5.82 Å². The van der Waals surface area contributed by atoms with Crippen LogP contribution in [0.15, 0.2) is 24.4 Å². The van der Waals surface area contributed by atoms with Crippen molar-refractivity contribution in [2.24, 2.45) is 5.84 Å². The van der Waals surface area contributed by atoms with E-state index >= 15 is 0 Å². The molecule has 0 aromatic carbocycles. The van der Waals surface area contributed by atoms with E-state index in [-0.39, 0.29) is 11.7 Å². The number of nitrogens with two attached hydrogens (primary N) is 1. The molecule has 0 aliphatic rings. The lowest BCUT2D eigenvalue weighted by Crippen LogP contribution is -2.11. The van der Waals surface area contributed by atoms with Crippen molar-refractivity contribution in [2.45, 2.75) is 6.92 Å². The van der Waals surface area contributed by atoms with Gasteiger partial charge in [-0.1, -0.05) is 0 Å². The smallest absolute Gasteiger partial charge is 0.258 e. The van der Waals surface area contributed by atoms with Crippen molar-refractivity contribution in [3.63, 3.8) is 0 Å². The molecule has 0 atom stereocenters. The van der Waals surface area contributed by atoms with Gasteiger partial charge < -0.3 is 10.2 Å². The van der Waals surface area contributed by atoms with Gasteiger partial charge in [-0.25, -0.2) is 14.6 Å². The maximum absolute atomic E-state index is 13.4. The first-order chi connectivity index (χ1) is 8.60. The normalized spacial score (nSPS) is 10.2. The summed E-state index contributed by atoms with van der Waals surface area (Å²) in [7, 11) is 0. The second-order valence-corrected chi connectivity index (χ2v) is 3.49. The SMILES string of the molecule is Cc1ccc(Oc2nc(NN)c(F)cc2F)cn1. The Morgan fingerprint density at radius 3 is 2.67 bits per heavy atom. The lowest BCUT2D eigenvalue weighted by Gasteiger charge is -2.08. The molecule has 0 spiro atoms.